The summed E-state index contributed by atoms with van der Waals surface area (Å²) in [6.45, 7) is -0.398. The van der Waals surface area contributed by atoms with Crippen LogP contribution in [0.15, 0.2) is 67.0 Å². The van der Waals surface area contributed by atoms with Crippen LogP contribution in [0, 0.1) is 5.82 Å². The van der Waals surface area contributed by atoms with Crippen LogP contribution in [0.4, 0.5) is 28.0 Å². The number of sulfone groups is 1. The number of amides is 4. The molecule has 1 aromatic heterocycles. The summed E-state index contributed by atoms with van der Waals surface area (Å²) in [5.41, 5.74) is 4.42. The number of hydrazine groups is 1. The lowest BCUT2D eigenvalue weighted by Crippen LogP contribution is -2.49. The maximum atomic E-state index is 15.1. The number of carbonyl (C=O) groups excluding carboxylic acids is 3. The highest BCUT2D eigenvalue weighted by molar-refractivity contribution is 7.91. The maximum absolute atomic E-state index is 15.1. The molecule has 4 rings (SSSR count). The predicted octanol–water partition coefficient (Wildman–Crippen LogP) is 3.07. The van der Waals surface area contributed by atoms with Crippen LogP contribution in [0.25, 0.3) is 11.1 Å². The Bertz CT molecular complexity index is 1540. The lowest BCUT2D eigenvalue weighted by atomic mass is 10.1. The van der Waals surface area contributed by atoms with Gasteiger partial charge in [-0.3, -0.25) is 30.3 Å². The van der Waals surface area contributed by atoms with Crippen LogP contribution in [0.1, 0.15) is 15.9 Å². The van der Waals surface area contributed by atoms with Crippen molar-refractivity contribution >= 4 is 33.4 Å². The van der Waals surface area contributed by atoms with Crippen molar-refractivity contribution in [2.45, 2.75) is 12.7 Å². The van der Waals surface area contributed by atoms with E-state index in [1.807, 2.05) is 0 Å². The third-order valence-electron chi connectivity index (χ3n) is 6.23. The van der Waals surface area contributed by atoms with Crippen LogP contribution < -0.4 is 15.8 Å². The first-order valence-corrected chi connectivity index (χ1v) is 13.9. The van der Waals surface area contributed by atoms with Crippen LogP contribution in [0.5, 0.6) is 0 Å². The van der Waals surface area contributed by atoms with Gasteiger partial charge in [0.05, 0.1) is 18.1 Å². The fourth-order valence-electron chi connectivity index (χ4n) is 3.97. The number of anilines is 1. The van der Waals surface area contributed by atoms with Gasteiger partial charge in [0.1, 0.15) is 5.82 Å². The Balaban J connectivity index is 1.57. The van der Waals surface area contributed by atoms with E-state index in [0.717, 1.165) is 23.3 Å². The molecule has 0 saturated carbocycles. The zero-order valence-electron chi connectivity index (χ0n) is 21.2. The number of alkyl halides is 3. The number of nitrogens with zero attached hydrogens (tertiary/aromatic N) is 3. The van der Waals surface area contributed by atoms with E-state index >= 15 is 4.39 Å². The number of pyridine rings is 1. The van der Waals surface area contributed by atoms with E-state index in [4.69, 9.17) is 0 Å². The largest absolute Gasteiger partial charge is 0.472 e. The second-order valence-corrected chi connectivity index (χ2v) is 11.3. The highest BCUT2D eigenvalue weighted by atomic mass is 32.2. The van der Waals surface area contributed by atoms with Gasteiger partial charge in [-0.15, -0.1) is 0 Å². The van der Waals surface area contributed by atoms with Crippen molar-refractivity contribution in [3.05, 3.63) is 83.9 Å². The van der Waals surface area contributed by atoms with Gasteiger partial charge in [0.15, 0.2) is 9.84 Å². The molecule has 0 aliphatic carbocycles. The number of hydrogen-bond acceptors (Lipinski definition) is 6. The van der Waals surface area contributed by atoms with Crippen molar-refractivity contribution in [3.63, 3.8) is 0 Å². The van der Waals surface area contributed by atoms with E-state index in [2.05, 4.69) is 4.98 Å². The van der Waals surface area contributed by atoms with E-state index in [-0.39, 0.29) is 42.3 Å². The fourth-order valence-corrected chi connectivity index (χ4v) is 5.17. The maximum Gasteiger partial charge on any atom is 0.472 e. The van der Waals surface area contributed by atoms with Gasteiger partial charge in [0, 0.05) is 42.3 Å². The monoisotopic (exact) mass is 593 g/mol. The first kappa shape index (κ1) is 29.5. The lowest BCUT2D eigenvalue weighted by molar-refractivity contribution is -0.174. The molecule has 1 fully saturated rings. The summed E-state index contributed by atoms with van der Waals surface area (Å²) in [7, 11) is -3.28. The lowest BCUT2D eigenvalue weighted by Gasteiger charge is -2.33. The molecule has 0 spiro atoms. The molecule has 2 heterocycles. The summed E-state index contributed by atoms with van der Waals surface area (Å²) >= 11 is 0. The van der Waals surface area contributed by atoms with Crippen molar-refractivity contribution in [3.8, 4) is 11.1 Å². The highest BCUT2D eigenvalue weighted by Gasteiger charge is 2.39. The second-order valence-electron chi connectivity index (χ2n) is 9.00. The molecule has 10 nitrogen and oxygen atoms in total. The average molecular weight is 594 g/mol. The summed E-state index contributed by atoms with van der Waals surface area (Å²) in [6, 6.07) is 12.9. The minimum absolute atomic E-state index is 0.0305. The molecular weight excluding hydrogens is 570 g/mol. The Morgan fingerprint density at radius 3 is 2.10 bits per heavy atom. The quantitative estimate of drug-likeness (QED) is 0.346. The van der Waals surface area contributed by atoms with Crippen molar-refractivity contribution in [1.82, 2.24) is 20.7 Å². The normalized spacial score (nSPS) is 14.7. The number of nitrogens with one attached hydrogen (secondary N) is 2. The molecule has 3 aromatic rings. The third kappa shape index (κ3) is 7.36. The number of carbonyl (C=O) groups is 3. The van der Waals surface area contributed by atoms with E-state index < -0.39 is 39.7 Å². The van der Waals surface area contributed by atoms with E-state index in [1.165, 1.54) is 21.3 Å². The van der Waals surface area contributed by atoms with Crippen LogP contribution in [0.2, 0.25) is 0 Å². The predicted molar refractivity (Wildman–Crippen MR) is 140 cm³/mol. The van der Waals surface area contributed by atoms with Crippen molar-refractivity contribution in [1.29, 1.82) is 0 Å². The van der Waals surface area contributed by atoms with E-state index in [9.17, 15) is 36.0 Å². The van der Waals surface area contributed by atoms with Gasteiger partial charge in [0.2, 0.25) is 0 Å². The smallest absolute Gasteiger partial charge is 0.322 e. The molecule has 216 valence electrons. The van der Waals surface area contributed by atoms with Crippen LogP contribution in [0.3, 0.4) is 0 Å². The molecule has 15 heteroatoms. The summed E-state index contributed by atoms with van der Waals surface area (Å²) in [5, 5.41) is 0. The molecule has 1 aliphatic rings. The van der Waals surface area contributed by atoms with Crippen molar-refractivity contribution in [2.24, 2.45) is 0 Å². The van der Waals surface area contributed by atoms with Crippen molar-refractivity contribution in [2.75, 3.05) is 29.5 Å². The van der Waals surface area contributed by atoms with Gasteiger partial charge in [-0.1, -0.05) is 18.2 Å². The summed E-state index contributed by atoms with van der Waals surface area (Å²) in [5.74, 6) is -4.96. The van der Waals surface area contributed by atoms with Gasteiger partial charge < -0.3 is 4.90 Å². The topological polar surface area (TPSA) is 129 Å². The zero-order chi connectivity index (χ0) is 29.8. The number of benzene rings is 2. The minimum atomic E-state index is -5.23. The molecule has 2 N–H and O–H groups in total. The molecule has 4 amide bonds. The van der Waals surface area contributed by atoms with Gasteiger partial charge in [-0.05, 0) is 47.5 Å². The van der Waals surface area contributed by atoms with Gasteiger partial charge >= 0.3 is 18.1 Å². The first-order valence-electron chi connectivity index (χ1n) is 12.1. The SMILES string of the molecule is O=C(NNC(=O)C(F)(F)F)c1ccc(CN(C(=O)N2CCS(=O)(=O)CC2)c2ccc(-c3ccncc3)cc2)c(F)c1. The Morgan fingerprint density at radius 2 is 1.51 bits per heavy atom. The number of hydrogen-bond donors (Lipinski definition) is 2. The third-order valence-corrected chi connectivity index (χ3v) is 7.84. The molecule has 1 saturated heterocycles. The van der Waals surface area contributed by atoms with Crippen molar-refractivity contribution < 1.29 is 40.4 Å². The molecule has 2 aromatic carbocycles. The van der Waals surface area contributed by atoms with E-state index in [0.29, 0.717) is 5.69 Å². The van der Waals surface area contributed by atoms with Gasteiger partial charge in [0.25, 0.3) is 5.91 Å². The van der Waals surface area contributed by atoms with E-state index in [1.54, 1.807) is 54.2 Å². The van der Waals surface area contributed by atoms with Crippen LogP contribution in [-0.2, 0) is 21.2 Å². The molecule has 0 bridgehead atoms. The Labute approximate surface area is 231 Å². The van der Waals surface area contributed by atoms with Gasteiger partial charge in [-0.25, -0.2) is 17.6 Å². The number of aromatic nitrogens is 1. The Hall–Kier alpha value is -4.53. The first-order chi connectivity index (χ1) is 19.3. The molecule has 0 radical (unpaired) electrons. The minimum Gasteiger partial charge on any atom is -0.322 e. The molecule has 41 heavy (non-hydrogen) atoms. The zero-order valence-corrected chi connectivity index (χ0v) is 22.0. The Kier molecular flexibility index (Phi) is 8.56. The number of rotatable bonds is 5. The Morgan fingerprint density at radius 1 is 0.902 bits per heavy atom. The molecule has 1 aliphatic heterocycles. The summed E-state index contributed by atoms with van der Waals surface area (Å²) in [6.07, 6.45) is -1.98. The van der Waals surface area contributed by atoms with Crippen LogP contribution >= 0.6 is 0 Å². The molecule has 0 unspecified atom stereocenters. The number of halogens is 4. The molecule has 0 atom stereocenters. The molecular formula is C26H23F4N5O5S. The fraction of sp³-hybridized carbons (Fsp3) is 0.231. The highest BCUT2D eigenvalue weighted by Crippen LogP contribution is 2.26. The average Bonchev–Trinajstić information content (AvgIpc) is 2.95. The van der Waals surface area contributed by atoms with Crippen LogP contribution in [-0.4, -0.2) is 66.9 Å². The number of urea groups is 1. The van der Waals surface area contributed by atoms with Gasteiger partial charge in [-0.2, -0.15) is 13.2 Å². The standard InChI is InChI=1S/C26H23F4N5O5S/c27-22-15-19(23(36)32-33-24(37)26(28,29)30)1-2-20(22)16-35(25(38)34-11-13-41(39,40)14-12-34)21-5-3-17(4-6-21)18-7-9-31-10-8-18/h1-10,15H,11-14,16H2,(H,32,36)(H,33,37). The summed E-state index contributed by atoms with van der Waals surface area (Å²) in [4.78, 5) is 43.1. The second kappa shape index (κ2) is 11.9. The summed E-state index contributed by atoms with van der Waals surface area (Å²) < 4.78 is 75.8.